The van der Waals surface area contributed by atoms with E-state index < -0.39 is 53.7 Å². The standard InChI is InChI=1S/C31H42N4O7/c1-19(2)15-23(34-30(39)41-17-21-11-7-5-8-12-21)27(36)25(32)29(38)26(33)28(37)24(16-20(3)4)35-31(40)42-18-22-13-9-6-10-14-22/h5-14,19-20,23-26H,15-18,32-33H2,1-4H3,(H,34,39)(H,35,40)/t23-,24-,25?,26?/m0/s1. The Kier molecular flexibility index (Phi) is 13.8. The van der Waals surface area contributed by atoms with Crippen LogP contribution in [0.5, 0.6) is 0 Å². The number of benzene rings is 2. The minimum Gasteiger partial charge on any atom is -0.445 e. The van der Waals surface area contributed by atoms with E-state index in [0.717, 1.165) is 11.1 Å². The molecule has 0 aliphatic heterocycles. The lowest BCUT2D eigenvalue weighted by Gasteiger charge is -2.25. The lowest BCUT2D eigenvalue weighted by Crippen LogP contribution is -2.59. The predicted octanol–water partition coefficient (Wildman–Crippen LogP) is 3.03. The fourth-order valence-corrected chi connectivity index (χ4v) is 4.16. The highest BCUT2D eigenvalue weighted by Crippen LogP contribution is 2.12. The van der Waals surface area contributed by atoms with Crippen LogP contribution in [-0.4, -0.2) is 53.7 Å². The Hall–Kier alpha value is -4.09. The normalized spacial score (nSPS) is 13.9. The van der Waals surface area contributed by atoms with Gasteiger partial charge in [0.2, 0.25) is 0 Å². The molecule has 0 aliphatic carbocycles. The quantitative estimate of drug-likeness (QED) is 0.216. The molecular formula is C31H42N4O7. The number of amides is 2. The number of carbonyl (C=O) groups is 5. The van der Waals surface area contributed by atoms with Crippen LogP contribution in [0.15, 0.2) is 60.7 Å². The number of Topliss-reactive ketones (excluding diaryl/α,β-unsaturated/α-hetero) is 3. The number of rotatable bonds is 16. The molecule has 0 aromatic heterocycles. The lowest BCUT2D eigenvalue weighted by atomic mass is 9.89. The van der Waals surface area contributed by atoms with Crippen LogP contribution in [0, 0.1) is 11.8 Å². The Bertz CT molecular complexity index is 1100. The van der Waals surface area contributed by atoms with Gasteiger partial charge in [0.1, 0.15) is 25.3 Å². The van der Waals surface area contributed by atoms with Gasteiger partial charge in [-0.1, -0.05) is 88.4 Å². The smallest absolute Gasteiger partial charge is 0.408 e. The van der Waals surface area contributed by atoms with Crippen molar-refractivity contribution in [1.82, 2.24) is 10.6 Å². The van der Waals surface area contributed by atoms with Crippen molar-refractivity contribution in [2.75, 3.05) is 0 Å². The zero-order valence-electron chi connectivity index (χ0n) is 24.6. The molecule has 2 rings (SSSR count). The Morgan fingerprint density at radius 3 is 1.24 bits per heavy atom. The van der Waals surface area contributed by atoms with E-state index >= 15 is 0 Å². The first-order valence-corrected chi connectivity index (χ1v) is 14.0. The lowest BCUT2D eigenvalue weighted by molar-refractivity contribution is -0.134. The zero-order chi connectivity index (χ0) is 31.2. The molecule has 0 aliphatic rings. The summed E-state index contributed by atoms with van der Waals surface area (Å²) in [6.45, 7) is 7.30. The van der Waals surface area contributed by atoms with E-state index in [1.54, 1.807) is 48.5 Å². The highest BCUT2D eigenvalue weighted by atomic mass is 16.6. The van der Waals surface area contributed by atoms with Crippen molar-refractivity contribution in [2.24, 2.45) is 23.3 Å². The predicted molar refractivity (Wildman–Crippen MR) is 157 cm³/mol. The maximum atomic E-state index is 13.2. The van der Waals surface area contributed by atoms with Crippen LogP contribution < -0.4 is 22.1 Å². The fraction of sp³-hybridized carbons (Fsp3) is 0.452. The van der Waals surface area contributed by atoms with Crippen molar-refractivity contribution >= 4 is 29.5 Å². The second-order valence-corrected chi connectivity index (χ2v) is 10.9. The molecule has 0 saturated heterocycles. The van der Waals surface area contributed by atoms with Crippen LogP contribution in [0.3, 0.4) is 0 Å². The number of ketones is 3. The molecule has 0 fully saturated rings. The molecule has 11 nitrogen and oxygen atoms in total. The van der Waals surface area contributed by atoms with Crippen LogP contribution in [0.2, 0.25) is 0 Å². The van der Waals surface area contributed by atoms with Gasteiger partial charge in [-0.05, 0) is 35.8 Å². The van der Waals surface area contributed by atoms with Gasteiger partial charge in [0, 0.05) is 0 Å². The second-order valence-electron chi connectivity index (χ2n) is 10.9. The Morgan fingerprint density at radius 1 is 0.595 bits per heavy atom. The molecule has 4 atom stereocenters. The SMILES string of the molecule is CC(C)C[C@H](NC(=O)OCc1ccccc1)C(=O)C(N)C(=O)C(N)C(=O)[C@H](CC(C)C)NC(=O)OCc1ccccc1. The van der Waals surface area contributed by atoms with Gasteiger partial charge in [-0.25, -0.2) is 9.59 Å². The van der Waals surface area contributed by atoms with Gasteiger partial charge >= 0.3 is 12.2 Å². The molecule has 11 heteroatoms. The van der Waals surface area contributed by atoms with Gasteiger partial charge in [-0.15, -0.1) is 0 Å². The van der Waals surface area contributed by atoms with Gasteiger partial charge in [0.25, 0.3) is 0 Å². The van der Waals surface area contributed by atoms with E-state index in [9.17, 15) is 24.0 Å². The largest absolute Gasteiger partial charge is 0.445 e. The van der Waals surface area contributed by atoms with E-state index in [1.807, 2.05) is 39.8 Å². The number of hydrogen-bond acceptors (Lipinski definition) is 9. The average Bonchev–Trinajstić information content (AvgIpc) is 2.97. The summed E-state index contributed by atoms with van der Waals surface area (Å²) in [6, 6.07) is 12.1. The Morgan fingerprint density at radius 2 is 0.929 bits per heavy atom. The molecule has 6 N–H and O–H groups in total. The fourth-order valence-electron chi connectivity index (χ4n) is 4.16. The number of nitrogens with one attached hydrogen (secondary N) is 2. The Balaban J connectivity index is 2.04. The maximum absolute atomic E-state index is 13.2. The van der Waals surface area contributed by atoms with E-state index in [2.05, 4.69) is 10.6 Å². The van der Waals surface area contributed by atoms with E-state index in [4.69, 9.17) is 20.9 Å². The number of alkyl carbamates (subject to hydrolysis) is 2. The molecule has 228 valence electrons. The molecule has 0 spiro atoms. The highest BCUT2D eigenvalue weighted by molar-refractivity contribution is 6.19. The molecule has 2 aromatic rings. The van der Waals surface area contributed by atoms with Crippen molar-refractivity contribution in [3.05, 3.63) is 71.8 Å². The van der Waals surface area contributed by atoms with E-state index in [1.165, 1.54) is 0 Å². The first-order valence-electron chi connectivity index (χ1n) is 14.0. The van der Waals surface area contributed by atoms with Gasteiger partial charge in [-0.2, -0.15) is 0 Å². The third kappa shape index (κ3) is 11.4. The summed E-state index contributed by atoms with van der Waals surface area (Å²) in [5.41, 5.74) is 13.5. The van der Waals surface area contributed by atoms with Crippen LogP contribution in [0.1, 0.15) is 51.7 Å². The summed E-state index contributed by atoms with van der Waals surface area (Å²) in [7, 11) is 0. The maximum Gasteiger partial charge on any atom is 0.408 e. The summed E-state index contributed by atoms with van der Waals surface area (Å²) < 4.78 is 10.4. The van der Waals surface area contributed by atoms with Gasteiger partial charge < -0.3 is 31.6 Å². The summed E-state index contributed by atoms with van der Waals surface area (Å²) >= 11 is 0. The monoisotopic (exact) mass is 582 g/mol. The molecule has 2 unspecified atom stereocenters. The van der Waals surface area contributed by atoms with Gasteiger partial charge in [0.05, 0.1) is 12.1 Å². The minimum atomic E-state index is -1.79. The minimum absolute atomic E-state index is 0.0162. The summed E-state index contributed by atoms with van der Waals surface area (Å²) in [5.74, 6) is -2.72. The highest BCUT2D eigenvalue weighted by Gasteiger charge is 2.38. The summed E-state index contributed by atoms with van der Waals surface area (Å²) in [6.07, 6.45) is -1.36. The van der Waals surface area contributed by atoms with Crippen LogP contribution in [-0.2, 0) is 37.1 Å². The van der Waals surface area contributed by atoms with Crippen LogP contribution >= 0.6 is 0 Å². The first kappa shape index (κ1) is 34.1. The molecule has 0 heterocycles. The molecule has 42 heavy (non-hydrogen) atoms. The number of nitrogens with two attached hydrogens (primary N) is 2. The number of ether oxygens (including phenoxy) is 2. The van der Waals surface area contributed by atoms with Crippen LogP contribution in [0.4, 0.5) is 9.59 Å². The summed E-state index contributed by atoms with van der Waals surface area (Å²) in [4.78, 5) is 64.5. The third-order valence-electron chi connectivity index (χ3n) is 6.34. The van der Waals surface area contributed by atoms with Crippen molar-refractivity contribution in [3.8, 4) is 0 Å². The van der Waals surface area contributed by atoms with E-state index in [-0.39, 0.29) is 37.9 Å². The van der Waals surface area contributed by atoms with Crippen molar-refractivity contribution < 1.29 is 33.4 Å². The molecule has 0 saturated carbocycles. The van der Waals surface area contributed by atoms with Gasteiger partial charge in [-0.3, -0.25) is 14.4 Å². The molecule has 2 aromatic carbocycles. The molecular weight excluding hydrogens is 540 g/mol. The summed E-state index contributed by atoms with van der Waals surface area (Å²) in [5, 5.41) is 4.97. The molecule has 2 amide bonds. The molecule has 0 bridgehead atoms. The van der Waals surface area contributed by atoms with Crippen molar-refractivity contribution in [1.29, 1.82) is 0 Å². The topological polar surface area (TPSA) is 180 Å². The average molecular weight is 583 g/mol. The number of carbonyl (C=O) groups excluding carboxylic acids is 5. The van der Waals surface area contributed by atoms with Crippen molar-refractivity contribution in [3.63, 3.8) is 0 Å². The third-order valence-corrected chi connectivity index (χ3v) is 6.34. The van der Waals surface area contributed by atoms with Gasteiger partial charge in [0.15, 0.2) is 17.3 Å². The Labute approximate surface area is 246 Å². The van der Waals surface area contributed by atoms with Crippen molar-refractivity contribution in [2.45, 2.75) is 77.9 Å². The van der Waals surface area contributed by atoms with Crippen LogP contribution in [0.25, 0.3) is 0 Å². The first-order chi connectivity index (χ1) is 19.9. The molecule has 0 radical (unpaired) electrons. The zero-order valence-corrected chi connectivity index (χ0v) is 24.6. The number of hydrogen-bond donors (Lipinski definition) is 4. The second kappa shape index (κ2) is 17.0. The van der Waals surface area contributed by atoms with E-state index in [0.29, 0.717) is 0 Å².